The van der Waals surface area contributed by atoms with Gasteiger partial charge in [0.05, 0.1) is 5.41 Å². The van der Waals surface area contributed by atoms with E-state index in [9.17, 15) is 4.79 Å². The maximum atomic E-state index is 12.9. The molecule has 1 unspecified atom stereocenters. The van der Waals surface area contributed by atoms with Gasteiger partial charge in [0.2, 0.25) is 0 Å². The summed E-state index contributed by atoms with van der Waals surface area (Å²) in [5.41, 5.74) is 3.98. The van der Waals surface area contributed by atoms with Gasteiger partial charge in [-0.05, 0) is 42.5 Å². The first-order valence-corrected chi connectivity index (χ1v) is 12.3. The van der Waals surface area contributed by atoms with Gasteiger partial charge in [0.15, 0.2) is 5.78 Å². The lowest BCUT2D eigenvalue weighted by Gasteiger charge is -2.33. The van der Waals surface area contributed by atoms with Crippen molar-refractivity contribution in [2.45, 2.75) is 33.1 Å². The Morgan fingerprint density at radius 1 is 0.929 bits per heavy atom. The Labute approximate surface area is 185 Å². The molecule has 0 saturated heterocycles. The lowest BCUT2D eigenvalue weighted by Crippen LogP contribution is -2.24. The number of benzene rings is 2. The lowest BCUT2D eigenvalue weighted by atomic mass is 9.83. The van der Waals surface area contributed by atoms with Crippen molar-refractivity contribution in [2.75, 3.05) is 11.5 Å². The molecule has 1 nitrogen and oxygen atoms in total. The fraction of sp³-hybridized carbons (Fsp3) is 0.292. The molecule has 146 valence electrons. The minimum Gasteiger partial charge on any atom is -0.294 e. The van der Waals surface area contributed by atoms with Gasteiger partial charge < -0.3 is 0 Å². The van der Waals surface area contributed by atoms with Crippen molar-refractivity contribution in [3.63, 3.8) is 0 Å². The number of carbonyl (C=O) groups is 1. The fourth-order valence-corrected chi connectivity index (χ4v) is 6.96. The van der Waals surface area contributed by atoms with Crippen LogP contribution in [-0.2, 0) is 10.2 Å². The molecule has 0 amide bonds. The first-order chi connectivity index (χ1) is 13.5. The van der Waals surface area contributed by atoms with Crippen LogP contribution in [0.3, 0.4) is 0 Å². The van der Waals surface area contributed by atoms with Crippen molar-refractivity contribution < 1.29 is 4.79 Å². The fourth-order valence-electron chi connectivity index (χ4n) is 3.88. The van der Waals surface area contributed by atoms with E-state index in [0.717, 1.165) is 32.7 Å². The van der Waals surface area contributed by atoms with Crippen molar-refractivity contribution in [3.8, 4) is 0 Å². The van der Waals surface area contributed by atoms with E-state index in [1.807, 2.05) is 23.9 Å². The Morgan fingerprint density at radius 2 is 1.50 bits per heavy atom. The highest BCUT2D eigenvalue weighted by molar-refractivity contribution is 9.10. The summed E-state index contributed by atoms with van der Waals surface area (Å²) in [6.45, 7) is 8.32. The molecule has 28 heavy (non-hydrogen) atoms. The van der Waals surface area contributed by atoms with E-state index in [1.165, 1.54) is 15.4 Å². The van der Waals surface area contributed by atoms with Crippen LogP contribution in [0.2, 0.25) is 0 Å². The average molecular weight is 474 g/mol. The number of ketones is 1. The zero-order chi connectivity index (χ0) is 20.3. The van der Waals surface area contributed by atoms with Gasteiger partial charge in [-0.1, -0.05) is 78.3 Å². The third kappa shape index (κ3) is 3.67. The molecule has 4 heteroatoms. The zero-order valence-corrected chi connectivity index (χ0v) is 19.9. The summed E-state index contributed by atoms with van der Waals surface area (Å²) in [6, 6.07) is 18.8. The molecule has 0 spiro atoms. The van der Waals surface area contributed by atoms with E-state index in [2.05, 4.69) is 79.2 Å². The van der Waals surface area contributed by atoms with Crippen LogP contribution in [0.1, 0.15) is 38.8 Å². The molecular weight excluding hydrogens is 448 g/mol. The topological polar surface area (TPSA) is 17.1 Å². The second-order valence-corrected chi connectivity index (χ2v) is 10.2. The molecule has 0 aliphatic heterocycles. The normalized spacial score (nSPS) is 19.5. The van der Waals surface area contributed by atoms with Crippen LogP contribution in [-0.4, -0.2) is 17.3 Å². The van der Waals surface area contributed by atoms with E-state index in [1.54, 1.807) is 18.7 Å². The molecular formula is C24H25BrOS2. The van der Waals surface area contributed by atoms with Gasteiger partial charge in [-0.25, -0.2) is 0 Å². The number of hydrogen-bond donors (Lipinski definition) is 0. The second-order valence-electron chi connectivity index (χ2n) is 6.80. The average Bonchev–Trinajstić information content (AvgIpc) is 2.93. The van der Waals surface area contributed by atoms with E-state index >= 15 is 0 Å². The van der Waals surface area contributed by atoms with Gasteiger partial charge in [0.1, 0.15) is 0 Å². The summed E-state index contributed by atoms with van der Waals surface area (Å²) < 4.78 is 1.08. The number of thioether (sulfide) groups is 2. The Bertz CT molecular complexity index is 946. The van der Waals surface area contributed by atoms with Crippen molar-refractivity contribution in [3.05, 3.63) is 85.6 Å². The zero-order valence-electron chi connectivity index (χ0n) is 16.7. The molecule has 0 radical (unpaired) electrons. The number of rotatable bonds is 7. The maximum absolute atomic E-state index is 12.9. The van der Waals surface area contributed by atoms with Crippen LogP contribution < -0.4 is 0 Å². The molecule has 1 aliphatic carbocycles. The van der Waals surface area contributed by atoms with Gasteiger partial charge in [-0.3, -0.25) is 4.79 Å². The predicted molar refractivity (Wildman–Crippen MR) is 129 cm³/mol. The monoisotopic (exact) mass is 472 g/mol. The summed E-state index contributed by atoms with van der Waals surface area (Å²) in [4.78, 5) is 15.4. The number of halogens is 1. The third-order valence-corrected chi connectivity index (χ3v) is 8.09. The second kappa shape index (κ2) is 9.06. The van der Waals surface area contributed by atoms with Crippen LogP contribution in [0, 0.1) is 0 Å². The van der Waals surface area contributed by atoms with Gasteiger partial charge in [-0.2, -0.15) is 0 Å². The highest BCUT2D eigenvalue weighted by atomic mass is 79.9. The summed E-state index contributed by atoms with van der Waals surface area (Å²) in [5.74, 6) is 2.03. The molecule has 0 aromatic heterocycles. The van der Waals surface area contributed by atoms with Crippen LogP contribution in [0.15, 0.2) is 74.5 Å². The Balaban J connectivity index is 2.42. The Hall–Kier alpha value is -1.23. The van der Waals surface area contributed by atoms with Crippen LogP contribution in [0.4, 0.5) is 0 Å². The molecule has 0 heterocycles. The summed E-state index contributed by atoms with van der Waals surface area (Å²) in [6.07, 6.45) is 0. The summed E-state index contributed by atoms with van der Waals surface area (Å²) >= 11 is 7.43. The highest BCUT2D eigenvalue weighted by Crippen LogP contribution is 2.60. The van der Waals surface area contributed by atoms with Gasteiger partial charge in [0, 0.05) is 25.4 Å². The standard InChI is InChI=1S/C24H25BrOS2/c1-5-27-22-20(16(3)26)21(17-12-8-7-9-13-17)23(28-6-2)24(22,4)18-14-10-11-15-19(18)25/h7-15H,5-6H2,1-4H3. The van der Waals surface area contributed by atoms with Crippen LogP contribution in [0.5, 0.6) is 0 Å². The maximum Gasteiger partial charge on any atom is 0.161 e. The largest absolute Gasteiger partial charge is 0.294 e. The van der Waals surface area contributed by atoms with Crippen molar-refractivity contribution in [1.29, 1.82) is 0 Å². The van der Waals surface area contributed by atoms with E-state index < -0.39 is 0 Å². The predicted octanol–water partition coefficient (Wildman–Crippen LogP) is 7.48. The van der Waals surface area contributed by atoms with Crippen molar-refractivity contribution >= 4 is 50.8 Å². The summed E-state index contributed by atoms with van der Waals surface area (Å²) in [7, 11) is 0. The van der Waals surface area contributed by atoms with Gasteiger partial charge in [-0.15, -0.1) is 23.5 Å². The Kier molecular flexibility index (Phi) is 6.95. The highest BCUT2D eigenvalue weighted by Gasteiger charge is 2.47. The summed E-state index contributed by atoms with van der Waals surface area (Å²) in [5, 5.41) is 0. The number of hydrogen-bond acceptors (Lipinski definition) is 3. The SMILES string of the molecule is CCSC1=C(C(C)=O)C(c2ccccc2)=C(SCC)C1(C)c1ccccc1Br. The first-order valence-electron chi connectivity index (χ1n) is 9.53. The van der Waals surface area contributed by atoms with Crippen LogP contribution in [0.25, 0.3) is 5.57 Å². The molecule has 2 aromatic carbocycles. The van der Waals surface area contributed by atoms with Crippen molar-refractivity contribution in [1.82, 2.24) is 0 Å². The first kappa shape index (κ1) is 21.5. The van der Waals surface area contributed by atoms with Crippen molar-refractivity contribution in [2.24, 2.45) is 0 Å². The number of carbonyl (C=O) groups excluding carboxylic acids is 1. The molecule has 0 fully saturated rings. The lowest BCUT2D eigenvalue weighted by molar-refractivity contribution is -0.113. The molecule has 0 bridgehead atoms. The minimum absolute atomic E-state index is 0.139. The number of allylic oxidation sites excluding steroid dienone is 4. The molecule has 1 aliphatic rings. The van der Waals surface area contributed by atoms with E-state index in [4.69, 9.17) is 0 Å². The molecule has 3 rings (SSSR count). The van der Waals surface area contributed by atoms with Crippen LogP contribution >= 0.6 is 39.5 Å². The van der Waals surface area contributed by atoms with Gasteiger partial charge >= 0.3 is 0 Å². The molecule has 0 N–H and O–H groups in total. The number of Topliss-reactive ketones (excluding diaryl/α,β-unsaturated/α-hetero) is 1. The van der Waals surface area contributed by atoms with Gasteiger partial charge in [0.25, 0.3) is 0 Å². The Morgan fingerprint density at radius 3 is 2.07 bits per heavy atom. The minimum atomic E-state index is -0.340. The quantitative estimate of drug-likeness (QED) is 0.415. The smallest absolute Gasteiger partial charge is 0.161 e. The third-order valence-electron chi connectivity index (χ3n) is 5.02. The molecule has 0 saturated carbocycles. The van der Waals surface area contributed by atoms with E-state index in [0.29, 0.717) is 0 Å². The molecule has 1 atom stereocenters. The molecule has 2 aromatic rings. The van der Waals surface area contributed by atoms with E-state index in [-0.39, 0.29) is 11.2 Å².